The van der Waals surface area contributed by atoms with E-state index in [2.05, 4.69) is 15.2 Å². The maximum atomic E-state index is 12.1. The van der Waals surface area contributed by atoms with Gasteiger partial charge in [0.2, 0.25) is 0 Å². The first-order valence-electron chi connectivity index (χ1n) is 7.94. The van der Waals surface area contributed by atoms with Gasteiger partial charge in [-0.05, 0) is 23.8 Å². The van der Waals surface area contributed by atoms with Crippen LogP contribution < -0.4 is 10.2 Å². The molecule has 1 saturated heterocycles. The summed E-state index contributed by atoms with van der Waals surface area (Å²) in [6.45, 7) is 3.39. The number of hydrogen-bond acceptors (Lipinski definition) is 6. The number of rotatable bonds is 5. The number of carbonyl (C=O) groups is 1. The van der Waals surface area contributed by atoms with E-state index in [4.69, 9.17) is 4.74 Å². The van der Waals surface area contributed by atoms with Gasteiger partial charge in [-0.15, -0.1) is 0 Å². The van der Waals surface area contributed by atoms with Crippen LogP contribution in [0, 0.1) is 10.1 Å². The number of anilines is 1. The maximum absolute atomic E-state index is 12.1. The van der Waals surface area contributed by atoms with Gasteiger partial charge in [0.15, 0.2) is 0 Å². The number of morpholine rings is 1. The molecule has 0 bridgehead atoms. The largest absolute Gasteiger partial charge is 0.378 e. The summed E-state index contributed by atoms with van der Waals surface area (Å²) < 4.78 is 5.32. The Kier molecular flexibility index (Phi) is 5.20. The van der Waals surface area contributed by atoms with Crippen molar-refractivity contribution >= 4 is 17.4 Å². The molecule has 0 aliphatic carbocycles. The van der Waals surface area contributed by atoms with Gasteiger partial charge in [-0.2, -0.15) is 0 Å². The fraction of sp³-hybridized carbons (Fsp3) is 0.294. The zero-order valence-electron chi connectivity index (χ0n) is 13.6. The minimum Gasteiger partial charge on any atom is -0.378 e. The van der Waals surface area contributed by atoms with E-state index in [0.717, 1.165) is 24.5 Å². The highest BCUT2D eigenvalue weighted by Crippen LogP contribution is 2.14. The molecule has 1 aromatic carbocycles. The van der Waals surface area contributed by atoms with Crippen molar-refractivity contribution in [2.75, 3.05) is 31.2 Å². The number of amides is 1. The summed E-state index contributed by atoms with van der Waals surface area (Å²) in [5.74, 6) is 0.612. The lowest BCUT2D eigenvalue weighted by atomic mass is 10.2. The third kappa shape index (κ3) is 4.30. The number of benzene rings is 1. The summed E-state index contributed by atoms with van der Waals surface area (Å²) in [6, 6.07) is 9.36. The van der Waals surface area contributed by atoms with Gasteiger partial charge in [0.05, 0.1) is 18.1 Å². The topological polar surface area (TPSA) is 97.6 Å². The first kappa shape index (κ1) is 16.8. The van der Waals surface area contributed by atoms with Gasteiger partial charge in [0.1, 0.15) is 5.82 Å². The van der Waals surface area contributed by atoms with Crippen LogP contribution in [0.5, 0.6) is 0 Å². The molecule has 0 unspecified atom stereocenters. The van der Waals surface area contributed by atoms with Gasteiger partial charge in [0, 0.05) is 43.5 Å². The molecule has 2 heterocycles. The number of aromatic nitrogens is 1. The Balaban J connectivity index is 1.55. The van der Waals surface area contributed by atoms with Crippen LogP contribution in [-0.4, -0.2) is 42.1 Å². The Morgan fingerprint density at radius 1 is 1.20 bits per heavy atom. The third-order valence-corrected chi connectivity index (χ3v) is 3.94. The van der Waals surface area contributed by atoms with Crippen molar-refractivity contribution in [1.29, 1.82) is 0 Å². The number of nitrogens with zero attached hydrogens (tertiary/aromatic N) is 3. The molecule has 8 heteroatoms. The summed E-state index contributed by atoms with van der Waals surface area (Å²) in [4.78, 5) is 28.8. The van der Waals surface area contributed by atoms with Crippen LogP contribution in [0.4, 0.5) is 11.5 Å². The Hall–Kier alpha value is -3.00. The average Bonchev–Trinajstić information content (AvgIpc) is 2.67. The van der Waals surface area contributed by atoms with E-state index in [1.807, 2.05) is 12.1 Å². The van der Waals surface area contributed by atoms with Crippen LogP contribution in [0.3, 0.4) is 0 Å². The highest BCUT2D eigenvalue weighted by molar-refractivity contribution is 5.94. The second-order valence-corrected chi connectivity index (χ2v) is 5.61. The molecule has 130 valence electrons. The molecule has 8 nitrogen and oxygen atoms in total. The minimum atomic E-state index is -0.497. The molecule has 0 radical (unpaired) electrons. The number of nitro groups is 1. The highest BCUT2D eigenvalue weighted by Gasteiger charge is 2.12. The van der Waals surface area contributed by atoms with Gasteiger partial charge >= 0.3 is 0 Å². The lowest BCUT2D eigenvalue weighted by Gasteiger charge is -2.27. The predicted octanol–water partition coefficient (Wildman–Crippen LogP) is 1.76. The molecule has 0 atom stereocenters. The standard InChI is InChI=1S/C17H18N4O4/c22-17(14-2-4-15(5-3-14)21(23)24)19-12-13-1-6-16(18-11-13)20-7-9-25-10-8-20/h1-6,11H,7-10,12H2,(H,19,22). The quantitative estimate of drug-likeness (QED) is 0.657. The van der Waals surface area contributed by atoms with E-state index in [-0.39, 0.29) is 11.6 Å². The van der Waals surface area contributed by atoms with Crippen molar-refractivity contribution in [2.45, 2.75) is 6.54 Å². The van der Waals surface area contributed by atoms with Gasteiger partial charge < -0.3 is 15.0 Å². The summed E-state index contributed by atoms with van der Waals surface area (Å²) in [6.07, 6.45) is 1.74. The van der Waals surface area contributed by atoms with Crippen molar-refractivity contribution in [3.05, 3.63) is 63.8 Å². The van der Waals surface area contributed by atoms with Crippen LogP contribution in [0.15, 0.2) is 42.6 Å². The summed E-state index contributed by atoms with van der Waals surface area (Å²) in [5, 5.41) is 13.4. The fourth-order valence-electron chi connectivity index (χ4n) is 2.52. The van der Waals surface area contributed by atoms with Crippen LogP contribution in [0.25, 0.3) is 0 Å². The lowest BCUT2D eigenvalue weighted by Crippen LogP contribution is -2.36. The van der Waals surface area contributed by atoms with Crippen molar-refractivity contribution < 1.29 is 14.5 Å². The first-order chi connectivity index (χ1) is 12.1. The third-order valence-electron chi connectivity index (χ3n) is 3.94. The van der Waals surface area contributed by atoms with Gasteiger partial charge in [-0.3, -0.25) is 14.9 Å². The Morgan fingerprint density at radius 2 is 1.92 bits per heavy atom. The predicted molar refractivity (Wildman–Crippen MR) is 91.5 cm³/mol. The van der Waals surface area contributed by atoms with Crippen LogP contribution >= 0.6 is 0 Å². The molecule has 1 fully saturated rings. The normalized spacial score (nSPS) is 14.2. The summed E-state index contributed by atoms with van der Waals surface area (Å²) in [5.41, 5.74) is 1.22. The van der Waals surface area contributed by atoms with Gasteiger partial charge in [-0.25, -0.2) is 4.98 Å². The fourth-order valence-corrected chi connectivity index (χ4v) is 2.52. The number of carbonyl (C=O) groups excluding carboxylic acids is 1. The van der Waals surface area contributed by atoms with Crippen LogP contribution in [0.1, 0.15) is 15.9 Å². The number of nitro benzene ring substituents is 1. The Morgan fingerprint density at radius 3 is 2.52 bits per heavy atom. The number of ether oxygens (including phenoxy) is 1. The molecule has 2 aromatic rings. The number of non-ortho nitro benzene ring substituents is 1. The molecule has 25 heavy (non-hydrogen) atoms. The second kappa shape index (κ2) is 7.71. The summed E-state index contributed by atoms with van der Waals surface area (Å²) >= 11 is 0. The van der Waals surface area contributed by atoms with Crippen molar-refractivity contribution in [3.8, 4) is 0 Å². The van der Waals surface area contributed by atoms with Crippen LogP contribution in [0.2, 0.25) is 0 Å². The minimum absolute atomic E-state index is 0.0422. The molecule has 1 aromatic heterocycles. The van der Waals surface area contributed by atoms with Crippen LogP contribution in [-0.2, 0) is 11.3 Å². The smallest absolute Gasteiger partial charge is 0.269 e. The molecule has 3 rings (SSSR count). The van der Waals surface area contributed by atoms with E-state index in [0.29, 0.717) is 25.3 Å². The van der Waals surface area contributed by atoms with E-state index in [1.54, 1.807) is 6.20 Å². The Labute approximate surface area is 144 Å². The zero-order valence-corrected chi connectivity index (χ0v) is 13.6. The molecule has 1 N–H and O–H groups in total. The second-order valence-electron chi connectivity index (χ2n) is 5.61. The van der Waals surface area contributed by atoms with Crippen molar-refractivity contribution in [1.82, 2.24) is 10.3 Å². The molecular weight excluding hydrogens is 324 g/mol. The summed E-state index contributed by atoms with van der Waals surface area (Å²) in [7, 11) is 0. The molecular formula is C17H18N4O4. The average molecular weight is 342 g/mol. The van der Waals surface area contributed by atoms with E-state index in [9.17, 15) is 14.9 Å². The molecule has 0 spiro atoms. The van der Waals surface area contributed by atoms with Gasteiger partial charge in [-0.1, -0.05) is 6.07 Å². The van der Waals surface area contributed by atoms with E-state index < -0.39 is 4.92 Å². The number of pyridine rings is 1. The molecule has 0 saturated carbocycles. The monoisotopic (exact) mass is 342 g/mol. The zero-order chi connectivity index (χ0) is 17.6. The van der Waals surface area contributed by atoms with Crippen molar-refractivity contribution in [3.63, 3.8) is 0 Å². The number of hydrogen-bond donors (Lipinski definition) is 1. The lowest BCUT2D eigenvalue weighted by molar-refractivity contribution is -0.384. The number of nitrogens with one attached hydrogen (secondary N) is 1. The molecule has 1 aliphatic rings. The molecule has 1 amide bonds. The Bertz CT molecular complexity index is 740. The van der Waals surface area contributed by atoms with E-state index in [1.165, 1.54) is 24.3 Å². The van der Waals surface area contributed by atoms with Crippen molar-refractivity contribution in [2.24, 2.45) is 0 Å². The molecule has 1 aliphatic heterocycles. The SMILES string of the molecule is O=C(NCc1ccc(N2CCOCC2)nc1)c1ccc([N+](=O)[O-])cc1. The maximum Gasteiger partial charge on any atom is 0.269 e. The highest BCUT2D eigenvalue weighted by atomic mass is 16.6. The van der Waals surface area contributed by atoms with Gasteiger partial charge in [0.25, 0.3) is 11.6 Å². The van der Waals surface area contributed by atoms with E-state index >= 15 is 0 Å². The first-order valence-corrected chi connectivity index (χ1v) is 7.94.